The molecule has 10 nitrogen and oxygen atoms in total. The summed E-state index contributed by atoms with van der Waals surface area (Å²) in [5.41, 5.74) is -0.884. The number of thioether (sulfide) groups is 1. The Balaban J connectivity index is 2.35. The molecule has 12 heteroatoms. The van der Waals surface area contributed by atoms with Crippen molar-refractivity contribution in [2.75, 3.05) is 19.7 Å². The van der Waals surface area contributed by atoms with Crippen molar-refractivity contribution in [1.29, 1.82) is 0 Å². The molecule has 2 saturated heterocycles. The molecule has 0 aromatic rings. The van der Waals surface area contributed by atoms with Crippen LogP contribution in [0, 0.1) is 0 Å². The number of hydrogen-bond acceptors (Lipinski definition) is 11. The van der Waals surface area contributed by atoms with E-state index in [1.807, 2.05) is 4.90 Å². The molecule has 0 saturated carbocycles. The predicted molar refractivity (Wildman–Crippen MR) is 118 cm³/mol. The summed E-state index contributed by atoms with van der Waals surface area (Å²) >= 11 is 6.73. The van der Waals surface area contributed by atoms with Gasteiger partial charge in [0.05, 0.1) is 0 Å². The van der Waals surface area contributed by atoms with Gasteiger partial charge in [0, 0.05) is 40.8 Å². The predicted octanol–water partition coefficient (Wildman–Crippen LogP) is 1.57. The van der Waals surface area contributed by atoms with Gasteiger partial charge < -0.3 is 28.6 Å². The Bertz CT molecular complexity index is 726. The van der Waals surface area contributed by atoms with E-state index >= 15 is 0 Å². The summed E-state index contributed by atoms with van der Waals surface area (Å²) in [6, 6.07) is 0. The summed E-state index contributed by atoms with van der Waals surface area (Å²) < 4.78 is 27.9. The molecule has 2 fully saturated rings. The Hall–Kier alpha value is -1.92. The van der Waals surface area contributed by atoms with Crippen LogP contribution in [0.2, 0.25) is 0 Å². The summed E-state index contributed by atoms with van der Waals surface area (Å²) in [6.07, 6.45) is -1.28. The van der Waals surface area contributed by atoms with Gasteiger partial charge in [0.2, 0.25) is 0 Å². The van der Waals surface area contributed by atoms with Gasteiger partial charge in [-0.2, -0.15) is 0 Å². The Morgan fingerprint density at radius 3 is 1.91 bits per heavy atom. The Kier molecular flexibility index (Phi) is 10.2. The highest BCUT2D eigenvalue weighted by Gasteiger charge is 2.52. The molecule has 180 valence electrons. The molecule has 2 aliphatic heterocycles. The number of ether oxygens (including phenoxy) is 5. The molecule has 0 aromatic carbocycles. The van der Waals surface area contributed by atoms with E-state index in [0.717, 1.165) is 44.1 Å². The number of hydrogen-bond donors (Lipinski definition) is 0. The van der Waals surface area contributed by atoms with E-state index in [0.29, 0.717) is 4.32 Å². The third-order valence-corrected chi connectivity index (χ3v) is 6.40. The van der Waals surface area contributed by atoms with E-state index in [2.05, 4.69) is 0 Å². The number of rotatable bonds is 6. The molecule has 2 heterocycles. The van der Waals surface area contributed by atoms with E-state index in [9.17, 15) is 19.2 Å². The fraction of sp³-hybridized carbons (Fsp3) is 0.750. The number of likely N-dealkylation sites (tertiary alicyclic amines) is 1. The van der Waals surface area contributed by atoms with E-state index in [1.54, 1.807) is 0 Å². The zero-order valence-electron chi connectivity index (χ0n) is 18.6. The van der Waals surface area contributed by atoms with Gasteiger partial charge in [0.25, 0.3) is 0 Å². The quantitative estimate of drug-likeness (QED) is 0.305. The number of thiocarbonyl (C=S) groups is 1. The first kappa shape index (κ1) is 26.3. The van der Waals surface area contributed by atoms with Gasteiger partial charge in [0.1, 0.15) is 17.0 Å². The third-order valence-electron chi connectivity index (χ3n) is 4.78. The molecule has 2 aliphatic rings. The summed E-state index contributed by atoms with van der Waals surface area (Å²) in [6.45, 7) is 6.15. The normalized spacial score (nSPS) is 27.8. The highest BCUT2D eigenvalue weighted by Crippen LogP contribution is 2.35. The fourth-order valence-corrected chi connectivity index (χ4v) is 5.07. The lowest BCUT2D eigenvalue weighted by Crippen LogP contribution is -2.61. The van der Waals surface area contributed by atoms with Crippen LogP contribution in [0.3, 0.4) is 0 Å². The number of esters is 4. The zero-order valence-corrected chi connectivity index (χ0v) is 20.2. The van der Waals surface area contributed by atoms with Crippen LogP contribution >= 0.6 is 24.0 Å². The first-order chi connectivity index (χ1) is 15.1. The summed E-state index contributed by atoms with van der Waals surface area (Å²) in [5.74, 6) is -2.53. The first-order valence-corrected chi connectivity index (χ1v) is 11.6. The van der Waals surface area contributed by atoms with Crippen molar-refractivity contribution >= 4 is 52.2 Å². The number of carbonyl (C=O) groups is 4. The molecule has 0 radical (unpaired) electrons. The Labute approximate surface area is 196 Å². The van der Waals surface area contributed by atoms with Gasteiger partial charge >= 0.3 is 23.9 Å². The molecule has 0 N–H and O–H groups in total. The monoisotopic (exact) mass is 491 g/mol. The zero-order chi connectivity index (χ0) is 23.8. The standard InChI is InChI=1S/C20H29NO9S2/c1-11(22)26-10-15-16(27-12(2)23)17(28-13(3)24)18(29-14(4)25)19(30-15)32-20(31)21-8-6-5-7-9-21/h15-19H,5-10H2,1-4H3/t15?,16-,17?,18?,19-/m0/s1. The van der Waals surface area contributed by atoms with Crippen LogP contribution in [0.15, 0.2) is 0 Å². The van der Waals surface area contributed by atoms with Gasteiger partial charge in [-0.15, -0.1) is 0 Å². The van der Waals surface area contributed by atoms with E-state index in [1.165, 1.54) is 27.7 Å². The van der Waals surface area contributed by atoms with Crippen molar-refractivity contribution in [1.82, 2.24) is 4.90 Å². The van der Waals surface area contributed by atoms with Gasteiger partial charge in [-0.25, -0.2) is 0 Å². The highest BCUT2D eigenvalue weighted by molar-refractivity contribution is 8.23. The Morgan fingerprint density at radius 2 is 1.38 bits per heavy atom. The number of nitrogens with zero attached hydrogens (tertiary/aromatic N) is 1. The maximum absolute atomic E-state index is 11.9. The average Bonchev–Trinajstić information content (AvgIpc) is 2.70. The molecule has 2 rings (SSSR count). The van der Waals surface area contributed by atoms with Gasteiger partial charge in [-0.05, 0) is 19.3 Å². The van der Waals surface area contributed by atoms with Crippen LogP contribution in [0.25, 0.3) is 0 Å². The van der Waals surface area contributed by atoms with Crippen LogP contribution in [0.1, 0.15) is 47.0 Å². The minimum absolute atomic E-state index is 0.259. The van der Waals surface area contributed by atoms with Crippen molar-refractivity contribution in [2.45, 2.75) is 76.8 Å². The molecule has 32 heavy (non-hydrogen) atoms. The van der Waals surface area contributed by atoms with Gasteiger partial charge in [-0.3, -0.25) is 19.2 Å². The van der Waals surface area contributed by atoms with Crippen LogP contribution in [0.5, 0.6) is 0 Å². The third kappa shape index (κ3) is 7.89. The lowest BCUT2D eigenvalue weighted by molar-refractivity contribution is -0.237. The first-order valence-electron chi connectivity index (χ1n) is 10.3. The Morgan fingerprint density at radius 1 is 0.844 bits per heavy atom. The maximum atomic E-state index is 11.9. The summed E-state index contributed by atoms with van der Waals surface area (Å²) in [7, 11) is 0. The minimum Gasteiger partial charge on any atom is -0.463 e. The highest BCUT2D eigenvalue weighted by atomic mass is 32.2. The lowest BCUT2D eigenvalue weighted by Gasteiger charge is -2.44. The topological polar surface area (TPSA) is 118 Å². The number of carbonyl (C=O) groups excluding carboxylic acids is 4. The van der Waals surface area contributed by atoms with Gasteiger partial charge in [-0.1, -0.05) is 24.0 Å². The molecule has 0 spiro atoms. The second kappa shape index (κ2) is 12.4. The molecule has 0 amide bonds. The van der Waals surface area contributed by atoms with E-state index < -0.39 is 53.7 Å². The molecule has 0 aromatic heterocycles. The second-order valence-electron chi connectivity index (χ2n) is 7.50. The van der Waals surface area contributed by atoms with Crippen molar-refractivity contribution in [3.63, 3.8) is 0 Å². The molecular formula is C20H29NO9S2. The largest absolute Gasteiger partial charge is 0.463 e. The molecule has 3 unspecified atom stereocenters. The van der Waals surface area contributed by atoms with Crippen molar-refractivity contribution in [3.05, 3.63) is 0 Å². The van der Waals surface area contributed by atoms with Crippen LogP contribution in [0.4, 0.5) is 0 Å². The fourth-order valence-electron chi connectivity index (χ4n) is 3.53. The van der Waals surface area contributed by atoms with E-state index in [4.69, 9.17) is 35.9 Å². The SMILES string of the molecule is CC(=O)OCC1O[C@@H](SC(=S)N2CCCCC2)C(OC(C)=O)C(OC(C)=O)[C@H]1OC(C)=O. The maximum Gasteiger partial charge on any atom is 0.303 e. The lowest BCUT2D eigenvalue weighted by atomic mass is 9.99. The molecule has 0 aliphatic carbocycles. The van der Waals surface area contributed by atoms with Crippen molar-refractivity contribution < 1.29 is 42.9 Å². The summed E-state index contributed by atoms with van der Waals surface area (Å²) in [4.78, 5) is 48.9. The number of piperidine rings is 1. The summed E-state index contributed by atoms with van der Waals surface area (Å²) in [5, 5.41) is 0. The van der Waals surface area contributed by atoms with Crippen LogP contribution < -0.4 is 0 Å². The second-order valence-corrected chi connectivity index (χ2v) is 9.23. The van der Waals surface area contributed by atoms with E-state index in [-0.39, 0.29) is 6.61 Å². The smallest absolute Gasteiger partial charge is 0.303 e. The minimum atomic E-state index is -1.18. The average molecular weight is 492 g/mol. The molecular weight excluding hydrogens is 462 g/mol. The molecule has 0 bridgehead atoms. The van der Waals surface area contributed by atoms with Gasteiger partial charge in [0.15, 0.2) is 23.7 Å². The van der Waals surface area contributed by atoms with Crippen molar-refractivity contribution in [3.8, 4) is 0 Å². The van der Waals surface area contributed by atoms with Crippen LogP contribution in [-0.4, -0.2) is 82.6 Å². The van der Waals surface area contributed by atoms with Crippen molar-refractivity contribution in [2.24, 2.45) is 0 Å². The molecule has 5 atom stereocenters. The van der Waals surface area contributed by atoms with Crippen LogP contribution in [-0.2, 0) is 42.9 Å².